The Kier molecular flexibility index (Phi) is 3.37. The molecule has 0 radical (unpaired) electrons. The number of aromatic nitrogens is 1. The molecule has 114 valence electrons. The number of hydrogen-bond acceptors (Lipinski definition) is 1. The van der Waals surface area contributed by atoms with Gasteiger partial charge in [-0.05, 0) is 31.0 Å². The molecule has 0 spiro atoms. The highest BCUT2D eigenvalue weighted by molar-refractivity contribution is 5.92. The van der Waals surface area contributed by atoms with Crippen molar-refractivity contribution in [1.29, 1.82) is 0 Å². The lowest BCUT2D eigenvalue weighted by molar-refractivity contribution is 0.309. The number of H-pyrrole nitrogens is 1. The van der Waals surface area contributed by atoms with Crippen LogP contribution in [0.1, 0.15) is 33.3 Å². The normalized spacial score (nSPS) is 12.8. The molecule has 0 atom stereocenters. The Balaban J connectivity index is 2.37. The molecule has 2 heteroatoms. The number of hydrogen-bond donors (Lipinski definition) is 2. The van der Waals surface area contributed by atoms with Gasteiger partial charge in [0.05, 0.1) is 5.69 Å². The molecule has 0 saturated carbocycles. The first-order valence-electron chi connectivity index (χ1n) is 7.78. The Morgan fingerprint density at radius 3 is 2.05 bits per heavy atom. The molecule has 1 aromatic heterocycles. The second kappa shape index (κ2) is 4.99. The van der Waals surface area contributed by atoms with E-state index in [2.05, 4.69) is 81.2 Å². The summed E-state index contributed by atoms with van der Waals surface area (Å²) in [6, 6.07) is 19.0. The van der Waals surface area contributed by atoms with Gasteiger partial charge < -0.3 is 10.7 Å². The van der Waals surface area contributed by atoms with Gasteiger partial charge in [-0.1, -0.05) is 62.4 Å². The molecule has 0 aliphatic heterocycles. The van der Waals surface area contributed by atoms with Gasteiger partial charge in [0.1, 0.15) is 0 Å². The second-order valence-corrected chi connectivity index (χ2v) is 7.13. The fourth-order valence-electron chi connectivity index (χ4n) is 2.93. The lowest BCUT2D eigenvalue weighted by atomic mass is 9.69. The van der Waals surface area contributed by atoms with Crippen LogP contribution in [0, 0.1) is 0 Å². The van der Waals surface area contributed by atoms with Crippen LogP contribution in [0.25, 0.3) is 22.2 Å². The molecule has 0 bridgehead atoms. The number of benzene rings is 2. The first kappa shape index (κ1) is 14.9. The zero-order valence-electron chi connectivity index (χ0n) is 13.8. The minimum atomic E-state index is -0.332. The molecule has 3 N–H and O–H groups in total. The van der Waals surface area contributed by atoms with Crippen molar-refractivity contribution in [2.75, 3.05) is 0 Å². The van der Waals surface area contributed by atoms with Crippen LogP contribution in [0.2, 0.25) is 0 Å². The van der Waals surface area contributed by atoms with E-state index in [1.807, 2.05) is 6.07 Å². The second-order valence-electron chi connectivity index (χ2n) is 7.13. The van der Waals surface area contributed by atoms with E-state index in [9.17, 15) is 0 Å². The molecule has 0 unspecified atom stereocenters. The predicted molar refractivity (Wildman–Crippen MR) is 95.0 cm³/mol. The summed E-state index contributed by atoms with van der Waals surface area (Å²) in [4.78, 5) is 3.60. The van der Waals surface area contributed by atoms with Crippen molar-refractivity contribution >= 4 is 10.9 Å². The van der Waals surface area contributed by atoms with Crippen molar-refractivity contribution in [3.63, 3.8) is 0 Å². The molecule has 3 aromatic rings. The molecule has 0 aliphatic rings. The van der Waals surface area contributed by atoms with Crippen LogP contribution in [0.4, 0.5) is 0 Å². The van der Waals surface area contributed by atoms with Crippen molar-refractivity contribution in [2.45, 2.75) is 38.6 Å². The summed E-state index contributed by atoms with van der Waals surface area (Å²) >= 11 is 0. The molecule has 3 rings (SSSR count). The van der Waals surface area contributed by atoms with E-state index < -0.39 is 0 Å². The highest BCUT2D eigenvalue weighted by Gasteiger charge is 2.39. The molecule has 2 nitrogen and oxygen atoms in total. The van der Waals surface area contributed by atoms with Crippen molar-refractivity contribution in [1.82, 2.24) is 4.98 Å². The fraction of sp³-hybridized carbons (Fsp3) is 0.300. The third-order valence-corrected chi connectivity index (χ3v) is 5.00. The maximum absolute atomic E-state index is 6.53. The largest absolute Gasteiger partial charge is 0.354 e. The highest BCUT2D eigenvalue weighted by Crippen LogP contribution is 2.43. The average Bonchev–Trinajstić information content (AvgIpc) is 2.87. The predicted octanol–water partition coefficient (Wildman–Crippen LogP) is 4.85. The van der Waals surface area contributed by atoms with Gasteiger partial charge in [-0.15, -0.1) is 0 Å². The van der Waals surface area contributed by atoms with E-state index in [0.29, 0.717) is 0 Å². The summed E-state index contributed by atoms with van der Waals surface area (Å²) in [6.45, 7) is 8.66. The van der Waals surface area contributed by atoms with Crippen LogP contribution in [-0.4, -0.2) is 10.5 Å². The third-order valence-electron chi connectivity index (χ3n) is 5.00. The summed E-state index contributed by atoms with van der Waals surface area (Å²) < 4.78 is 0. The van der Waals surface area contributed by atoms with E-state index in [-0.39, 0.29) is 11.0 Å². The van der Waals surface area contributed by atoms with Gasteiger partial charge in [-0.3, -0.25) is 0 Å². The molecule has 0 aliphatic carbocycles. The molecule has 0 amide bonds. The monoisotopic (exact) mass is 292 g/mol. The van der Waals surface area contributed by atoms with E-state index >= 15 is 0 Å². The average molecular weight is 292 g/mol. The first-order chi connectivity index (χ1) is 10.3. The van der Waals surface area contributed by atoms with Crippen LogP contribution >= 0.6 is 0 Å². The lowest BCUT2D eigenvalue weighted by Crippen LogP contribution is -2.50. The topological polar surface area (TPSA) is 41.8 Å². The fourth-order valence-corrected chi connectivity index (χ4v) is 2.93. The Bertz CT molecular complexity index is 789. The van der Waals surface area contributed by atoms with Crippen molar-refractivity contribution in [3.05, 3.63) is 60.2 Å². The minimum absolute atomic E-state index is 0.169. The molecule has 1 heterocycles. The SMILES string of the molecule is CC(C)(N)C(C)(C)c1c(-c2ccccc2)[nH]c2ccccc12. The van der Waals surface area contributed by atoms with Gasteiger partial charge >= 0.3 is 0 Å². The van der Waals surface area contributed by atoms with Gasteiger partial charge in [0.2, 0.25) is 0 Å². The van der Waals surface area contributed by atoms with Crippen LogP contribution in [-0.2, 0) is 5.41 Å². The first-order valence-corrected chi connectivity index (χ1v) is 7.78. The Morgan fingerprint density at radius 1 is 0.818 bits per heavy atom. The number of aromatic amines is 1. The number of nitrogens with one attached hydrogen (secondary N) is 1. The van der Waals surface area contributed by atoms with Gasteiger partial charge in [0, 0.05) is 21.9 Å². The van der Waals surface area contributed by atoms with Gasteiger partial charge in [0.15, 0.2) is 0 Å². The van der Waals surface area contributed by atoms with E-state index in [4.69, 9.17) is 5.73 Å². The van der Waals surface area contributed by atoms with Crippen LogP contribution in [0.15, 0.2) is 54.6 Å². The summed E-state index contributed by atoms with van der Waals surface area (Å²) in [5.41, 5.74) is 10.9. The lowest BCUT2D eigenvalue weighted by Gasteiger charge is -2.39. The van der Waals surface area contributed by atoms with Gasteiger partial charge in [0.25, 0.3) is 0 Å². The van der Waals surface area contributed by atoms with E-state index in [0.717, 1.165) is 5.52 Å². The molecular formula is C20H24N2. The van der Waals surface area contributed by atoms with Crippen LogP contribution < -0.4 is 5.73 Å². The van der Waals surface area contributed by atoms with Crippen LogP contribution in [0.3, 0.4) is 0 Å². The Labute approximate surface area is 132 Å². The van der Waals surface area contributed by atoms with E-state index in [1.54, 1.807) is 0 Å². The number of para-hydroxylation sites is 1. The summed E-state index contributed by atoms with van der Waals surface area (Å²) in [6.07, 6.45) is 0. The minimum Gasteiger partial charge on any atom is -0.354 e. The highest BCUT2D eigenvalue weighted by atomic mass is 14.8. The zero-order valence-corrected chi connectivity index (χ0v) is 13.8. The number of rotatable bonds is 3. The Hall–Kier alpha value is -2.06. The number of fused-ring (bicyclic) bond motifs is 1. The maximum atomic E-state index is 6.53. The summed E-state index contributed by atoms with van der Waals surface area (Å²) in [5.74, 6) is 0. The summed E-state index contributed by atoms with van der Waals surface area (Å²) in [5, 5.41) is 1.25. The van der Waals surface area contributed by atoms with Crippen molar-refractivity contribution < 1.29 is 0 Å². The molecular weight excluding hydrogens is 268 g/mol. The summed E-state index contributed by atoms with van der Waals surface area (Å²) in [7, 11) is 0. The Morgan fingerprint density at radius 2 is 1.41 bits per heavy atom. The van der Waals surface area contributed by atoms with Crippen molar-refractivity contribution in [3.8, 4) is 11.3 Å². The third kappa shape index (κ3) is 2.24. The molecule has 22 heavy (non-hydrogen) atoms. The van der Waals surface area contributed by atoms with Gasteiger partial charge in [-0.2, -0.15) is 0 Å². The van der Waals surface area contributed by atoms with Crippen LogP contribution in [0.5, 0.6) is 0 Å². The number of nitrogens with two attached hydrogens (primary N) is 1. The molecule has 0 fully saturated rings. The molecule has 2 aromatic carbocycles. The smallest absolute Gasteiger partial charge is 0.0503 e. The maximum Gasteiger partial charge on any atom is 0.0503 e. The van der Waals surface area contributed by atoms with Gasteiger partial charge in [-0.25, -0.2) is 0 Å². The van der Waals surface area contributed by atoms with E-state index in [1.165, 1.54) is 22.2 Å². The quantitative estimate of drug-likeness (QED) is 0.712. The van der Waals surface area contributed by atoms with Crippen molar-refractivity contribution in [2.24, 2.45) is 5.73 Å². The standard InChI is InChI=1S/C20H24N2/c1-19(2,20(3,4)21)17-15-12-8-9-13-16(15)22-18(17)14-10-6-5-7-11-14/h5-13,22H,21H2,1-4H3. The zero-order chi connectivity index (χ0) is 16.0. The molecule has 0 saturated heterocycles.